The van der Waals surface area contributed by atoms with Gasteiger partial charge in [-0.15, -0.1) is 0 Å². The molecule has 0 spiro atoms. The van der Waals surface area contributed by atoms with Crippen LogP contribution in [0, 0.1) is 0 Å². The number of rotatable bonds is 6. The van der Waals surface area contributed by atoms with Gasteiger partial charge in [0.15, 0.2) is 0 Å². The number of nitrogens with zero attached hydrogens (tertiary/aromatic N) is 2. The summed E-state index contributed by atoms with van der Waals surface area (Å²) in [6.45, 7) is 9.74. The number of ether oxygens (including phenoxy) is 1. The van der Waals surface area contributed by atoms with Crippen LogP contribution in [0.4, 0.5) is 0 Å². The number of methoxy groups -OCH3 is 1. The molecule has 0 fully saturated rings. The van der Waals surface area contributed by atoms with E-state index in [0.717, 1.165) is 17.2 Å². The average molecular weight is 237 g/mol. The molecule has 0 radical (unpaired) electrons. The van der Waals surface area contributed by atoms with Crippen LogP contribution in [0.3, 0.4) is 0 Å². The summed E-state index contributed by atoms with van der Waals surface area (Å²) >= 11 is 0. The zero-order valence-electron chi connectivity index (χ0n) is 11.4. The first-order valence-corrected chi connectivity index (χ1v) is 6.12. The predicted molar refractivity (Wildman–Crippen MR) is 68.8 cm³/mol. The van der Waals surface area contributed by atoms with Crippen LogP contribution in [0.25, 0.3) is 0 Å². The highest BCUT2D eigenvalue weighted by Gasteiger charge is 2.08. The van der Waals surface area contributed by atoms with Crippen molar-refractivity contribution in [2.24, 2.45) is 0 Å². The van der Waals surface area contributed by atoms with Crippen molar-refractivity contribution in [1.29, 1.82) is 0 Å². The van der Waals surface area contributed by atoms with Crippen LogP contribution in [0.1, 0.15) is 50.8 Å². The number of nitrogens with one attached hydrogen (secondary N) is 1. The van der Waals surface area contributed by atoms with E-state index < -0.39 is 0 Å². The summed E-state index contributed by atoms with van der Waals surface area (Å²) < 4.78 is 5.13. The lowest BCUT2D eigenvalue weighted by atomic mass is 10.1. The molecule has 0 aromatic carbocycles. The van der Waals surface area contributed by atoms with E-state index >= 15 is 0 Å². The second-order valence-electron chi connectivity index (χ2n) is 4.82. The molecule has 1 N–H and O–H groups in total. The fraction of sp³-hybridized carbons (Fsp3) is 0.692. The molecule has 1 rings (SSSR count). The molecular formula is C13H23N3O. The van der Waals surface area contributed by atoms with Gasteiger partial charge in [0.05, 0.1) is 18.8 Å². The molecule has 0 bridgehead atoms. The first-order valence-electron chi connectivity index (χ1n) is 6.12. The lowest BCUT2D eigenvalue weighted by molar-refractivity contribution is 0.181. The van der Waals surface area contributed by atoms with Gasteiger partial charge < -0.3 is 10.1 Å². The van der Waals surface area contributed by atoms with Gasteiger partial charge in [0.25, 0.3) is 0 Å². The molecule has 0 saturated heterocycles. The molecule has 0 saturated carbocycles. The summed E-state index contributed by atoms with van der Waals surface area (Å²) in [5, 5.41) is 3.33. The standard InChI is InChI=1S/C13H23N3O/c1-9(2)12-6-11(8-17-5)15-13(16-12)7-14-10(3)4/h6,9-10,14H,7-8H2,1-5H3. The molecule has 1 aromatic heterocycles. The van der Waals surface area contributed by atoms with Crippen molar-refractivity contribution in [3.05, 3.63) is 23.3 Å². The molecule has 1 aromatic rings. The molecule has 0 aliphatic carbocycles. The zero-order chi connectivity index (χ0) is 12.8. The second kappa shape index (κ2) is 6.67. The van der Waals surface area contributed by atoms with Gasteiger partial charge in [-0.2, -0.15) is 0 Å². The Hall–Kier alpha value is -1.00. The van der Waals surface area contributed by atoms with Gasteiger partial charge in [-0.1, -0.05) is 27.7 Å². The van der Waals surface area contributed by atoms with E-state index in [1.807, 2.05) is 6.07 Å². The van der Waals surface area contributed by atoms with E-state index in [2.05, 4.69) is 43.0 Å². The second-order valence-corrected chi connectivity index (χ2v) is 4.82. The van der Waals surface area contributed by atoms with Crippen LogP contribution in [0.5, 0.6) is 0 Å². The van der Waals surface area contributed by atoms with E-state index in [4.69, 9.17) is 4.74 Å². The van der Waals surface area contributed by atoms with Gasteiger partial charge in [-0.05, 0) is 12.0 Å². The molecule has 1 heterocycles. The normalized spacial score (nSPS) is 11.5. The van der Waals surface area contributed by atoms with Crippen LogP contribution >= 0.6 is 0 Å². The van der Waals surface area contributed by atoms with Gasteiger partial charge >= 0.3 is 0 Å². The summed E-state index contributed by atoms with van der Waals surface area (Å²) in [6, 6.07) is 2.46. The highest BCUT2D eigenvalue weighted by Crippen LogP contribution is 2.13. The molecule has 0 aliphatic heterocycles. The van der Waals surface area contributed by atoms with Gasteiger partial charge in [0, 0.05) is 18.8 Å². The topological polar surface area (TPSA) is 47.0 Å². The number of hydrogen-bond acceptors (Lipinski definition) is 4. The fourth-order valence-corrected chi connectivity index (χ4v) is 1.47. The SMILES string of the molecule is COCc1cc(C(C)C)nc(CNC(C)C)n1. The zero-order valence-corrected chi connectivity index (χ0v) is 11.4. The van der Waals surface area contributed by atoms with E-state index in [1.54, 1.807) is 7.11 Å². The largest absolute Gasteiger partial charge is 0.378 e. The van der Waals surface area contributed by atoms with Crippen LogP contribution in [0.15, 0.2) is 6.07 Å². The predicted octanol–water partition coefficient (Wildman–Crippen LogP) is 2.24. The highest BCUT2D eigenvalue weighted by molar-refractivity contribution is 5.14. The van der Waals surface area contributed by atoms with Crippen molar-refractivity contribution in [2.75, 3.05) is 7.11 Å². The highest BCUT2D eigenvalue weighted by atomic mass is 16.5. The summed E-state index contributed by atoms with van der Waals surface area (Å²) in [4.78, 5) is 9.04. The van der Waals surface area contributed by atoms with Gasteiger partial charge in [-0.25, -0.2) is 9.97 Å². The Balaban J connectivity index is 2.87. The molecule has 4 heteroatoms. The first-order chi connectivity index (χ1) is 8.02. The van der Waals surface area contributed by atoms with Crippen molar-refractivity contribution in [3.8, 4) is 0 Å². The van der Waals surface area contributed by atoms with E-state index in [9.17, 15) is 0 Å². The monoisotopic (exact) mass is 237 g/mol. The maximum absolute atomic E-state index is 5.13. The first kappa shape index (κ1) is 14.1. The molecule has 96 valence electrons. The Morgan fingerprint density at radius 2 is 1.94 bits per heavy atom. The van der Waals surface area contributed by atoms with Gasteiger partial charge in [-0.3, -0.25) is 0 Å². The minimum atomic E-state index is 0.409. The van der Waals surface area contributed by atoms with Crippen molar-refractivity contribution in [1.82, 2.24) is 15.3 Å². The molecule has 0 unspecified atom stereocenters. The quantitative estimate of drug-likeness (QED) is 0.824. The lowest BCUT2D eigenvalue weighted by Crippen LogP contribution is -2.23. The smallest absolute Gasteiger partial charge is 0.142 e. The molecule has 17 heavy (non-hydrogen) atoms. The van der Waals surface area contributed by atoms with Gasteiger partial charge in [0.2, 0.25) is 0 Å². The Kier molecular flexibility index (Phi) is 5.51. The van der Waals surface area contributed by atoms with E-state index in [-0.39, 0.29) is 0 Å². The van der Waals surface area contributed by atoms with Crippen LogP contribution < -0.4 is 5.32 Å². The van der Waals surface area contributed by atoms with E-state index in [1.165, 1.54) is 0 Å². The number of aromatic nitrogens is 2. The van der Waals surface area contributed by atoms with Crippen molar-refractivity contribution in [2.45, 2.75) is 52.8 Å². The molecule has 0 atom stereocenters. The maximum Gasteiger partial charge on any atom is 0.142 e. The summed E-state index contributed by atoms with van der Waals surface area (Å²) in [5.74, 6) is 1.25. The third-order valence-electron chi connectivity index (χ3n) is 2.40. The van der Waals surface area contributed by atoms with Crippen LogP contribution in [-0.2, 0) is 17.9 Å². The minimum Gasteiger partial charge on any atom is -0.378 e. The van der Waals surface area contributed by atoms with Crippen LogP contribution in [0.2, 0.25) is 0 Å². The summed E-state index contributed by atoms with van der Waals surface area (Å²) in [6.07, 6.45) is 0. The van der Waals surface area contributed by atoms with E-state index in [0.29, 0.717) is 25.1 Å². The van der Waals surface area contributed by atoms with Crippen LogP contribution in [-0.4, -0.2) is 23.1 Å². The lowest BCUT2D eigenvalue weighted by Gasteiger charge is -2.12. The average Bonchev–Trinajstić information content (AvgIpc) is 2.26. The molecule has 4 nitrogen and oxygen atoms in total. The maximum atomic E-state index is 5.13. The molecule has 0 aliphatic rings. The Labute approximate surface area is 104 Å². The third kappa shape index (κ3) is 4.79. The summed E-state index contributed by atoms with van der Waals surface area (Å²) in [5.41, 5.74) is 2.03. The Bertz CT molecular complexity index is 351. The number of hydrogen-bond donors (Lipinski definition) is 1. The Morgan fingerprint density at radius 3 is 2.47 bits per heavy atom. The fourth-order valence-electron chi connectivity index (χ4n) is 1.47. The molecular weight excluding hydrogens is 214 g/mol. The van der Waals surface area contributed by atoms with Gasteiger partial charge in [0.1, 0.15) is 5.82 Å². The van der Waals surface area contributed by atoms with Crippen molar-refractivity contribution >= 4 is 0 Å². The third-order valence-corrected chi connectivity index (χ3v) is 2.40. The summed E-state index contributed by atoms with van der Waals surface area (Å²) in [7, 11) is 1.68. The van der Waals surface area contributed by atoms with Crippen molar-refractivity contribution in [3.63, 3.8) is 0 Å². The minimum absolute atomic E-state index is 0.409. The molecule has 0 amide bonds. The Morgan fingerprint density at radius 1 is 1.24 bits per heavy atom. The van der Waals surface area contributed by atoms with Crippen molar-refractivity contribution < 1.29 is 4.74 Å².